The molecule has 1 aliphatic rings. The van der Waals surface area contributed by atoms with Gasteiger partial charge in [-0.1, -0.05) is 0 Å². The van der Waals surface area contributed by atoms with Crippen molar-refractivity contribution in [3.05, 3.63) is 27.2 Å². The van der Waals surface area contributed by atoms with Gasteiger partial charge in [-0.25, -0.2) is 9.78 Å². The van der Waals surface area contributed by atoms with E-state index in [1.54, 1.807) is 13.4 Å². The number of aromatic nitrogens is 4. The molecule has 126 valence electrons. The molecule has 1 aliphatic heterocycles. The number of aryl methyl sites for hydroxylation is 2. The predicted octanol–water partition coefficient (Wildman–Crippen LogP) is -0.929. The van der Waals surface area contributed by atoms with Crippen molar-refractivity contribution in [2.45, 2.75) is 13.0 Å². The summed E-state index contributed by atoms with van der Waals surface area (Å²) in [7, 11) is 5.30. The van der Waals surface area contributed by atoms with E-state index >= 15 is 0 Å². The van der Waals surface area contributed by atoms with Crippen LogP contribution >= 0.6 is 0 Å². The number of hydrogen-bond acceptors (Lipinski definition) is 5. The van der Waals surface area contributed by atoms with Gasteiger partial charge in [0.05, 0.1) is 6.33 Å². The van der Waals surface area contributed by atoms with Crippen LogP contribution in [0.4, 0.5) is 0 Å². The van der Waals surface area contributed by atoms with E-state index in [4.69, 9.17) is 0 Å². The molecule has 0 aliphatic carbocycles. The summed E-state index contributed by atoms with van der Waals surface area (Å²) in [4.78, 5) is 33.3. The minimum absolute atomic E-state index is 0.278. The van der Waals surface area contributed by atoms with E-state index in [0.717, 1.165) is 50.3 Å². The van der Waals surface area contributed by atoms with Gasteiger partial charge in [-0.2, -0.15) is 0 Å². The van der Waals surface area contributed by atoms with Gasteiger partial charge in [0, 0.05) is 46.8 Å². The Bertz CT molecular complexity index is 810. The van der Waals surface area contributed by atoms with Crippen molar-refractivity contribution in [1.82, 2.24) is 28.5 Å². The van der Waals surface area contributed by atoms with Crippen molar-refractivity contribution in [1.29, 1.82) is 0 Å². The molecule has 0 N–H and O–H groups in total. The molecule has 0 aromatic carbocycles. The van der Waals surface area contributed by atoms with Gasteiger partial charge in [0.15, 0.2) is 11.2 Å². The Morgan fingerprint density at radius 3 is 2.39 bits per heavy atom. The topological polar surface area (TPSA) is 68.3 Å². The fraction of sp³-hybridized carbons (Fsp3) is 0.667. The Kier molecular flexibility index (Phi) is 4.36. The Hall–Kier alpha value is -1.93. The highest BCUT2D eigenvalue weighted by Crippen LogP contribution is 2.07. The molecular formula is C15H24N6O2. The quantitative estimate of drug-likeness (QED) is 0.728. The third-order valence-corrected chi connectivity index (χ3v) is 4.69. The highest BCUT2D eigenvalue weighted by atomic mass is 16.2. The van der Waals surface area contributed by atoms with E-state index in [-0.39, 0.29) is 11.2 Å². The number of nitrogens with zero attached hydrogens (tertiary/aromatic N) is 6. The molecule has 8 heteroatoms. The van der Waals surface area contributed by atoms with Gasteiger partial charge in [0.1, 0.15) is 0 Å². The molecule has 3 heterocycles. The summed E-state index contributed by atoms with van der Waals surface area (Å²) in [5.41, 5.74) is 0.344. The van der Waals surface area contributed by atoms with E-state index < -0.39 is 0 Å². The smallest absolute Gasteiger partial charge is 0.325 e. The Morgan fingerprint density at radius 1 is 1.00 bits per heavy atom. The van der Waals surface area contributed by atoms with Crippen LogP contribution in [-0.2, 0) is 20.6 Å². The predicted molar refractivity (Wildman–Crippen MR) is 88.8 cm³/mol. The number of likely N-dealkylation sites (N-methyl/N-ethyl adjacent to an activating group) is 1. The van der Waals surface area contributed by atoms with Crippen molar-refractivity contribution >= 4 is 11.2 Å². The first kappa shape index (κ1) is 15.9. The number of fused-ring (bicyclic) bond motifs is 1. The van der Waals surface area contributed by atoms with Gasteiger partial charge in [0.2, 0.25) is 0 Å². The van der Waals surface area contributed by atoms with Crippen LogP contribution in [0, 0.1) is 0 Å². The highest BCUT2D eigenvalue weighted by molar-refractivity contribution is 5.69. The van der Waals surface area contributed by atoms with Crippen LogP contribution in [0.25, 0.3) is 11.2 Å². The average Bonchev–Trinajstić information content (AvgIpc) is 2.97. The van der Waals surface area contributed by atoms with Crippen LogP contribution in [0.5, 0.6) is 0 Å². The molecule has 0 unspecified atom stereocenters. The van der Waals surface area contributed by atoms with E-state index in [2.05, 4.69) is 21.8 Å². The Balaban J connectivity index is 1.74. The molecule has 0 saturated carbocycles. The van der Waals surface area contributed by atoms with Crippen LogP contribution < -0.4 is 11.2 Å². The fourth-order valence-electron chi connectivity index (χ4n) is 3.10. The minimum Gasteiger partial charge on any atom is -0.325 e. The maximum absolute atomic E-state index is 12.4. The van der Waals surface area contributed by atoms with E-state index in [9.17, 15) is 9.59 Å². The van der Waals surface area contributed by atoms with Crippen molar-refractivity contribution < 1.29 is 0 Å². The maximum atomic E-state index is 12.4. The molecule has 2 aromatic rings. The molecule has 2 aromatic heterocycles. The van der Waals surface area contributed by atoms with Gasteiger partial charge in [-0.3, -0.25) is 13.9 Å². The summed E-state index contributed by atoms with van der Waals surface area (Å²) in [5.74, 6) is 0. The zero-order valence-corrected chi connectivity index (χ0v) is 14.0. The third kappa shape index (κ3) is 2.96. The van der Waals surface area contributed by atoms with Gasteiger partial charge in [-0.15, -0.1) is 0 Å². The van der Waals surface area contributed by atoms with E-state index in [1.807, 2.05) is 4.57 Å². The standard InChI is InChI=1S/C15H24N6O2/c1-17-7-9-20(10-8-17)5-4-6-21-11-16-13-12(21)14(22)19(3)15(23)18(13)2/h11H,4-10H2,1-3H3. The van der Waals surface area contributed by atoms with Crippen molar-refractivity contribution in [3.63, 3.8) is 0 Å². The number of imidazole rings is 1. The van der Waals surface area contributed by atoms with Crippen LogP contribution in [-0.4, -0.2) is 68.3 Å². The lowest BCUT2D eigenvalue weighted by Crippen LogP contribution is -2.44. The Labute approximate surface area is 134 Å². The zero-order chi connectivity index (χ0) is 16.6. The third-order valence-electron chi connectivity index (χ3n) is 4.69. The lowest BCUT2D eigenvalue weighted by molar-refractivity contribution is 0.151. The molecule has 3 rings (SSSR count). The van der Waals surface area contributed by atoms with Crippen LogP contribution in [0.1, 0.15) is 6.42 Å². The second-order valence-electron chi connectivity index (χ2n) is 6.31. The van der Waals surface area contributed by atoms with E-state index in [0.29, 0.717) is 11.2 Å². The monoisotopic (exact) mass is 320 g/mol. The molecule has 0 bridgehead atoms. The minimum atomic E-state index is -0.342. The van der Waals surface area contributed by atoms with Crippen LogP contribution in [0.2, 0.25) is 0 Å². The Morgan fingerprint density at radius 2 is 1.70 bits per heavy atom. The largest absolute Gasteiger partial charge is 0.332 e. The van der Waals surface area contributed by atoms with Crippen molar-refractivity contribution in [2.75, 3.05) is 39.8 Å². The first-order chi connectivity index (χ1) is 11.0. The fourth-order valence-corrected chi connectivity index (χ4v) is 3.10. The van der Waals surface area contributed by atoms with Crippen molar-refractivity contribution in [2.24, 2.45) is 14.1 Å². The molecule has 1 saturated heterocycles. The average molecular weight is 320 g/mol. The SMILES string of the molecule is CN1CCN(CCCn2cnc3c2c(=O)n(C)c(=O)n3C)CC1. The van der Waals surface area contributed by atoms with Crippen LogP contribution in [0.3, 0.4) is 0 Å². The first-order valence-electron chi connectivity index (χ1n) is 8.01. The van der Waals surface area contributed by atoms with E-state index in [1.165, 1.54) is 11.6 Å². The molecule has 0 atom stereocenters. The first-order valence-corrected chi connectivity index (χ1v) is 8.01. The lowest BCUT2D eigenvalue weighted by atomic mass is 10.3. The lowest BCUT2D eigenvalue weighted by Gasteiger charge is -2.32. The number of rotatable bonds is 4. The molecule has 0 radical (unpaired) electrons. The summed E-state index contributed by atoms with van der Waals surface area (Å²) in [6, 6.07) is 0. The van der Waals surface area contributed by atoms with Crippen LogP contribution in [0.15, 0.2) is 15.9 Å². The summed E-state index contributed by atoms with van der Waals surface area (Å²) in [6.07, 6.45) is 2.62. The molecule has 0 spiro atoms. The van der Waals surface area contributed by atoms with Gasteiger partial charge >= 0.3 is 5.69 Å². The van der Waals surface area contributed by atoms with Crippen molar-refractivity contribution in [3.8, 4) is 0 Å². The molecule has 23 heavy (non-hydrogen) atoms. The van der Waals surface area contributed by atoms with Gasteiger partial charge in [0.25, 0.3) is 5.56 Å². The highest BCUT2D eigenvalue weighted by Gasteiger charge is 2.15. The molecule has 0 amide bonds. The summed E-state index contributed by atoms with van der Waals surface area (Å²) in [6.45, 7) is 6.15. The summed E-state index contributed by atoms with van der Waals surface area (Å²) >= 11 is 0. The van der Waals surface area contributed by atoms with Gasteiger partial charge in [-0.05, 0) is 20.0 Å². The molecule has 1 fully saturated rings. The molecule has 8 nitrogen and oxygen atoms in total. The zero-order valence-electron chi connectivity index (χ0n) is 14.0. The number of piperazine rings is 1. The number of hydrogen-bond donors (Lipinski definition) is 0. The maximum Gasteiger partial charge on any atom is 0.332 e. The molecular weight excluding hydrogens is 296 g/mol. The summed E-state index contributed by atoms with van der Waals surface area (Å²) in [5, 5.41) is 0. The normalized spacial score (nSPS) is 17.2. The van der Waals surface area contributed by atoms with Gasteiger partial charge < -0.3 is 14.4 Å². The second kappa shape index (κ2) is 6.29. The summed E-state index contributed by atoms with van der Waals surface area (Å²) < 4.78 is 4.43. The second-order valence-corrected chi connectivity index (χ2v) is 6.31.